The van der Waals surface area contributed by atoms with Crippen LogP contribution >= 0.6 is 0 Å². The molecule has 1 aliphatic heterocycles. The Morgan fingerprint density at radius 1 is 1.47 bits per heavy atom. The first-order valence-corrected chi connectivity index (χ1v) is 6.94. The van der Waals surface area contributed by atoms with Gasteiger partial charge in [0.25, 0.3) is 0 Å². The lowest BCUT2D eigenvalue weighted by Gasteiger charge is -2.09. The molecule has 2 rings (SSSR count). The molecule has 17 heavy (non-hydrogen) atoms. The number of hydrogen-bond acceptors (Lipinski definition) is 4. The predicted octanol–water partition coefficient (Wildman–Crippen LogP) is 0.959. The molecule has 0 radical (unpaired) electrons. The van der Waals surface area contributed by atoms with Gasteiger partial charge in [-0.05, 0) is 17.7 Å². The van der Waals surface area contributed by atoms with Gasteiger partial charge >= 0.3 is 0 Å². The summed E-state index contributed by atoms with van der Waals surface area (Å²) in [5, 5.41) is 13.1. The second-order valence-electron chi connectivity index (χ2n) is 3.96. The minimum atomic E-state index is -3.01. The van der Waals surface area contributed by atoms with Crippen molar-refractivity contribution < 1.29 is 8.42 Å². The summed E-state index contributed by atoms with van der Waals surface area (Å²) in [5.74, 6) is 0.116. The summed E-state index contributed by atoms with van der Waals surface area (Å²) in [6.45, 7) is 0.556. The molecule has 1 aromatic carbocycles. The molecule has 1 unspecified atom stereocenters. The summed E-state index contributed by atoms with van der Waals surface area (Å²) in [6.07, 6.45) is 1.66. The van der Waals surface area contributed by atoms with Crippen LogP contribution < -0.4 is 5.32 Å². The first-order chi connectivity index (χ1) is 8.09. The van der Waals surface area contributed by atoms with Crippen molar-refractivity contribution in [3.8, 4) is 6.07 Å². The van der Waals surface area contributed by atoms with E-state index in [-0.39, 0.29) is 11.8 Å². The van der Waals surface area contributed by atoms with Crippen LogP contribution in [0.1, 0.15) is 11.1 Å². The maximum absolute atomic E-state index is 11.2. The van der Waals surface area contributed by atoms with Crippen LogP contribution in [0.4, 0.5) is 0 Å². The van der Waals surface area contributed by atoms with Gasteiger partial charge in [-0.15, -0.1) is 0 Å². The third-order valence-corrected chi connectivity index (χ3v) is 3.95. The normalized spacial score (nSPS) is 21.2. The Morgan fingerprint density at radius 2 is 2.29 bits per heavy atom. The van der Waals surface area contributed by atoms with E-state index < -0.39 is 9.84 Å². The van der Waals surface area contributed by atoms with E-state index in [1.54, 1.807) is 18.2 Å². The molecule has 0 amide bonds. The fourth-order valence-corrected chi connectivity index (χ4v) is 2.97. The molecule has 5 heteroatoms. The van der Waals surface area contributed by atoms with E-state index in [1.807, 2.05) is 12.1 Å². The first kappa shape index (κ1) is 11.8. The van der Waals surface area contributed by atoms with Crippen LogP contribution in [-0.4, -0.2) is 20.2 Å². The third kappa shape index (κ3) is 3.16. The largest absolute Gasteiger partial charge is 0.305 e. The minimum Gasteiger partial charge on any atom is -0.305 e. The summed E-state index contributed by atoms with van der Waals surface area (Å²) in [7, 11) is -3.01. The fraction of sp³-hybridized carbons (Fsp3) is 0.250. The standard InChI is InChI=1S/C12H12N2O2S/c13-7-10-2-1-3-11(6-10)8-14-12-4-5-17(15,16)9-12/h1-6,12,14H,8-9H2. The second kappa shape index (κ2) is 4.70. The van der Waals surface area contributed by atoms with Crippen LogP contribution in [0.3, 0.4) is 0 Å². The van der Waals surface area contributed by atoms with Crippen molar-refractivity contribution in [3.63, 3.8) is 0 Å². The highest BCUT2D eigenvalue weighted by Gasteiger charge is 2.20. The topological polar surface area (TPSA) is 70.0 Å². The van der Waals surface area contributed by atoms with Gasteiger partial charge in [-0.2, -0.15) is 5.26 Å². The number of nitriles is 1. The Morgan fingerprint density at radius 3 is 2.94 bits per heavy atom. The number of rotatable bonds is 3. The molecule has 0 aromatic heterocycles. The number of hydrogen-bond donors (Lipinski definition) is 1. The monoisotopic (exact) mass is 248 g/mol. The molecule has 0 aliphatic carbocycles. The average Bonchev–Trinajstić information content (AvgIpc) is 2.67. The van der Waals surface area contributed by atoms with Crippen molar-refractivity contribution in [2.75, 3.05) is 5.75 Å². The van der Waals surface area contributed by atoms with E-state index in [0.717, 1.165) is 5.56 Å². The molecule has 1 aliphatic rings. The lowest BCUT2D eigenvalue weighted by molar-refractivity contribution is 0.590. The molecule has 0 spiro atoms. The van der Waals surface area contributed by atoms with Gasteiger partial charge in [0.15, 0.2) is 9.84 Å². The van der Waals surface area contributed by atoms with Crippen molar-refractivity contribution >= 4 is 9.84 Å². The van der Waals surface area contributed by atoms with Crippen LogP contribution in [0.25, 0.3) is 0 Å². The zero-order valence-corrected chi connectivity index (χ0v) is 9.94. The molecule has 1 N–H and O–H groups in total. The molecule has 0 saturated heterocycles. The van der Waals surface area contributed by atoms with Crippen LogP contribution in [0, 0.1) is 11.3 Å². The lowest BCUT2D eigenvalue weighted by atomic mass is 10.1. The van der Waals surface area contributed by atoms with Crippen molar-refractivity contribution in [2.45, 2.75) is 12.6 Å². The Kier molecular flexibility index (Phi) is 3.27. The van der Waals surface area contributed by atoms with Gasteiger partial charge in [0.05, 0.1) is 17.4 Å². The SMILES string of the molecule is N#Cc1cccc(CNC2C=CS(=O)(=O)C2)c1. The van der Waals surface area contributed by atoms with Gasteiger partial charge in [-0.25, -0.2) is 8.42 Å². The van der Waals surface area contributed by atoms with Gasteiger partial charge in [-0.1, -0.05) is 18.2 Å². The third-order valence-electron chi connectivity index (χ3n) is 2.55. The summed E-state index contributed by atoms with van der Waals surface area (Å²) in [6, 6.07) is 9.19. The van der Waals surface area contributed by atoms with Gasteiger partial charge in [0, 0.05) is 18.0 Å². The maximum Gasteiger partial charge on any atom is 0.173 e. The highest BCUT2D eigenvalue weighted by Crippen LogP contribution is 2.09. The van der Waals surface area contributed by atoms with Gasteiger partial charge in [-0.3, -0.25) is 0 Å². The van der Waals surface area contributed by atoms with E-state index in [0.29, 0.717) is 12.1 Å². The Bertz CT molecular complexity index is 585. The van der Waals surface area contributed by atoms with Gasteiger partial charge in [0.2, 0.25) is 0 Å². The predicted molar refractivity (Wildman–Crippen MR) is 64.7 cm³/mol. The van der Waals surface area contributed by atoms with Crippen molar-refractivity contribution in [3.05, 3.63) is 46.9 Å². The lowest BCUT2D eigenvalue weighted by Crippen LogP contribution is -2.29. The Balaban J connectivity index is 1.95. The molecular formula is C12H12N2O2S. The number of sulfone groups is 1. The minimum absolute atomic E-state index is 0.116. The van der Waals surface area contributed by atoms with Crippen LogP contribution in [0.15, 0.2) is 35.7 Å². The highest BCUT2D eigenvalue weighted by atomic mass is 32.2. The van der Waals surface area contributed by atoms with E-state index >= 15 is 0 Å². The molecule has 0 fully saturated rings. The Labute approximate surface area is 100 Å². The van der Waals surface area contributed by atoms with E-state index in [9.17, 15) is 8.42 Å². The summed E-state index contributed by atoms with van der Waals surface area (Å²) >= 11 is 0. The molecule has 1 aromatic rings. The summed E-state index contributed by atoms with van der Waals surface area (Å²) in [5.41, 5.74) is 1.58. The number of nitrogens with one attached hydrogen (secondary N) is 1. The van der Waals surface area contributed by atoms with E-state index in [4.69, 9.17) is 5.26 Å². The molecule has 4 nitrogen and oxygen atoms in total. The quantitative estimate of drug-likeness (QED) is 0.865. The molecular weight excluding hydrogens is 236 g/mol. The maximum atomic E-state index is 11.2. The molecule has 1 heterocycles. The van der Waals surface area contributed by atoms with Crippen LogP contribution in [0.5, 0.6) is 0 Å². The van der Waals surface area contributed by atoms with Gasteiger partial charge in [0.1, 0.15) is 0 Å². The van der Waals surface area contributed by atoms with Gasteiger partial charge < -0.3 is 5.32 Å². The average molecular weight is 248 g/mol. The van der Waals surface area contributed by atoms with Crippen LogP contribution in [0.2, 0.25) is 0 Å². The summed E-state index contributed by atoms with van der Waals surface area (Å²) in [4.78, 5) is 0. The first-order valence-electron chi connectivity index (χ1n) is 5.22. The second-order valence-corrected chi connectivity index (χ2v) is 5.89. The van der Waals surface area contributed by atoms with E-state index in [2.05, 4.69) is 11.4 Å². The molecule has 0 saturated carbocycles. The Hall–Kier alpha value is -1.64. The zero-order valence-electron chi connectivity index (χ0n) is 9.13. The van der Waals surface area contributed by atoms with Crippen molar-refractivity contribution in [2.24, 2.45) is 0 Å². The molecule has 1 atom stereocenters. The molecule has 0 bridgehead atoms. The number of nitrogens with zero attached hydrogens (tertiary/aromatic N) is 1. The van der Waals surface area contributed by atoms with E-state index in [1.165, 1.54) is 5.41 Å². The number of benzene rings is 1. The van der Waals surface area contributed by atoms with Crippen LogP contribution in [-0.2, 0) is 16.4 Å². The summed E-state index contributed by atoms with van der Waals surface area (Å²) < 4.78 is 22.4. The highest BCUT2D eigenvalue weighted by molar-refractivity contribution is 7.94. The van der Waals surface area contributed by atoms with Crippen molar-refractivity contribution in [1.82, 2.24) is 5.32 Å². The zero-order chi connectivity index (χ0) is 12.3. The van der Waals surface area contributed by atoms with Crippen molar-refractivity contribution in [1.29, 1.82) is 5.26 Å². The fourth-order valence-electron chi connectivity index (χ4n) is 1.70. The smallest absolute Gasteiger partial charge is 0.173 e. The molecule has 88 valence electrons.